The first kappa shape index (κ1) is 10.9. The van der Waals surface area contributed by atoms with Crippen LogP contribution in [-0.4, -0.2) is 35.1 Å². The molecule has 0 bridgehead atoms. The van der Waals surface area contributed by atoms with Crippen LogP contribution in [0.25, 0.3) is 0 Å². The largest absolute Gasteiger partial charge is 0.481 e. The number of carbonyl (C=O) groups is 1. The van der Waals surface area contributed by atoms with Crippen molar-refractivity contribution < 1.29 is 9.90 Å². The van der Waals surface area contributed by atoms with Gasteiger partial charge >= 0.3 is 5.97 Å². The van der Waals surface area contributed by atoms with Crippen molar-refractivity contribution in [3.8, 4) is 0 Å². The van der Waals surface area contributed by atoms with E-state index in [0.717, 1.165) is 12.3 Å². The second-order valence-electron chi connectivity index (χ2n) is 5.24. The van der Waals surface area contributed by atoms with Gasteiger partial charge in [0, 0.05) is 19.0 Å². The number of nitrogens with zero attached hydrogens (tertiary/aromatic N) is 1. The smallest absolute Gasteiger partial charge is 0.303 e. The Morgan fingerprint density at radius 1 is 1.40 bits per heavy atom. The van der Waals surface area contributed by atoms with Crippen molar-refractivity contribution in [1.82, 2.24) is 4.90 Å². The van der Waals surface area contributed by atoms with Crippen LogP contribution in [-0.2, 0) is 4.79 Å². The lowest BCUT2D eigenvalue weighted by atomic mass is 9.98. The van der Waals surface area contributed by atoms with E-state index >= 15 is 0 Å². The van der Waals surface area contributed by atoms with Gasteiger partial charge in [-0.3, -0.25) is 9.69 Å². The fourth-order valence-electron chi connectivity index (χ4n) is 3.23. The Morgan fingerprint density at radius 2 is 2.20 bits per heavy atom. The lowest BCUT2D eigenvalue weighted by molar-refractivity contribution is -0.138. The molecular weight excluding hydrogens is 190 g/mol. The molecule has 1 heterocycles. The summed E-state index contributed by atoms with van der Waals surface area (Å²) in [7, 11) is 0. The normalized spacial score (nSPS) is 37.3. The molecule has 3 unspecified atom stereocenters. The van der Waals surface area contributed by atoms with Gasteiger partial charge in [-0.2, -0.15) is 0 Å². The van der Waals surface area contributed by atoms with Crippen LogP contribution in [0, 0.1) is 11.8 Å². The third kappa shape index (κ3) is 2.51. The number of hydrogen-bond donors (Lipinski definition) is 1. The molecular formula is C12H21NO2. The van der Waals surface area contributed by atoms with E-state index in [1.54, 1.807) is 0 Å². The zero-order valence-corrected chi connectivity index (χ0v) is 9.48. The Labute approximate surface area is 91.5 Å². The summed E-state index contributed by atoms with van der Waals surface area (Å²) >= 11 is 0. The zero-order chi connectivity index (χ0) is 10.8. The van der Waals surface area contributed by atoms with Crippen LogP contribution in [0.2, 0.25) is 0 Å². The van der Waals surface area contributed by atoms with E-state index < -0.39 is 5.97 Å². The van der Waals surface area contributed by atoms with Crippen LogP contribution in [0.3, 0.4) is 0 Å². The molecule has 1 aliphatic heterocycles. The third-order valence-electron chi connectivity index (χ3n) is 3.98. The SMILES string of the molecule is CC1CCN(C2CCCC2CC(=O)O)C1. The van der Waals surface area contributed by atoms with E-state index in [9.17, 15) is 4.79 Å². The number of carboxylic acids is 1. The number of rotatable bonds is 3. The monoisotopic (exact) mass is 211 g/mol. The van der Waals surface area contributed by atoms with Crippen molar-refractivity contribution in [3.05, 3.63) is 0 Å². The number of carboxylic acid groups (broad SMARTS) is 1. The summed E-state index contributed by atoms with van der Waals surface area (Å²) in [5.74, 6) is 0.586. The first-order valence-corrected chi connectivity index (χ1v) is 6.12. The maximum atomic E-state index is 10.8. The second kappa shape index (κ2) is 4.52. The van der Waals surface area contributed by atoms with E-state index in [1.807, 2.05) is 0 Å². The quantitative estimate of drug-likeness (QED) is 0.776. The maximum absolute atomic E-state index is 10.8. The Morgan fingerprint density at radius 3 is 2.80 bits per heavy atom. The lowest BCUT2D eigenvalue weighted by Gasteiger charge is -2.28. The van der Waals surface area contributed by atoms with Gasteiger partial charge in [0.05, 0.1) is 0 Å². The summed E-state index contributed by atoms with van der Waals surface area (Å²) in [5.41, 5.74) is 0. The van der Waals surface area contributed by atoms with Gasteiger partial charge in [-0.25, -0.2) is 0 Å². The minimum absolute atomic E-state index is 0.371. The van der Waals surface area contributed by atoms with Crippen LogP contribution >= 0.6 is 0 Å². The van der Waals surface area contributed by atoms with Gasteiger partial charge in [0.1, 0.15) is 0 Å². The fourth-order valence-corrected chi connectivity index (χ4v) is 3.23. The molecule has 1 saturated carbocycles. The summed E-state index contributed by atoms with van der Waals surface area (Å²) in [6.45, 7) is 4.66. The first-order chi connectivity index (χ1) is 7.16. The minimum atomic E-state index is -0.626. The maximum Gasteiger partial charge on any atom is 0.303 e. The molecule has 3 heteroatoms. The topological polar surface area (TPSA) is 40.5 Å². The number of aliphatic carboxylic acids is 1. The molecule has 15 heavy (non-hydrogen) atoms. The molecule has 0 aromatic heterocycles. The van der Waals surface area contributed by atoms with Crippen molar-refractivity contribution in [2.45, 2.75) is 45.1 Å². The standard InChI is InChI=1S/C12H21NO2/c1-9-5-6-13(8-9)11-4-2-3-10(11)7-12(14)15/h9-11H,2-8H2,1H3,(H,14,15). The highest BCUT2D eigenvalue weighted by Crippen LogP contribution is 2.34. The second-order valence-corrected chi connectivity index (χ2v) is 5.24. The van der Waals surface area contributed by atoms with E-state index in [2.05, 4.69) is 11.8 Å². The molecule has 86 valence electrons. The summed E-state index contributed by atoms with van der Waals surface area (Å²) < 4.78 is 0. The molecule has 2 rings (SSSR count). The van der Waals surface area contributed by atoms with Gasteiger partial charge in [-0.1, -0.05) is 13.3 Å². The molecule has 0 amide bonds. The lowest BCUT2D eigenvalue weighted by Crippen LogP contribution is -2.36. The van der Waals surface area contributed by atoms with E-state index in [-0.39, 0.29) is 0 Å². The van der Waals surface area contributed by atoms with Crippen molar-refractivity contribution in [2.75, 3.05) is 13.1 Å². The molecule has 3 atom stereocenters. The van der Waals surface area contributed by atoms with Crippen LogP contribution < -0.4 is 0 Å². The molecule has 0 radical (unpaired) electrons. The molecule has 1 saturated heterocycles. The molecule has 3 nitrogen and oxygen atoms in total. The Kier molecular flexibility index (Phi) is 3.29. The average Bonchev–Trinajstić information content (AvgIpc) is 2.72. The van der Waals surface area contributed by atoms with Gasteiger partial charge in [0.15, 0.2) is 0 Å². The number of hydrogen-bond acceptors (Lipinski definition) is 2. The first-order valence-electron chi connectivity index (χ1n) is 6.12. The van der Waals surface area contributed by atoms with Gasteiger partial charge in [0.25, 0.3) is 0 Å². The minimum Gasteiger partial charge on any atom is -0.481 e. The summed E-state index contributed by atoms with van der Waals surface area (Å²) in [6.07, 6.45) is 5.20. The van der Waals surface area contributed by atoms with Gasteiger partial charge < -0.3 is 5.11 Å². The highest BCUT2D eigenvalue weighted by atomic mass is 16.4. The highest BCUT2D eigenvalue weighted by molar-refractivity contribution is 5.67. The van der Waals surface area contributed by atoms with Crippen molar-refractivity contribution in [1.29, 1.82) is 0 Å². The molecule has 2 aliphatic rings. The van der Waals surface area contributed by atoms with Crippen LogP contribution in [0.4, 0.5) is 0 Å². The van der Waals surface area contributed by atoms with Crippen molar-refractivity contribution in [2.24, 2.45) is 11.8 Å². The van der Waals surface area contributed by atoms with Crippen molar-refractivity contribution >= 4 is 5.97 Å². The molecule has 1 N–H and O–H groups in total. The van der Waals surface area contributed by atoms with Crippen molar-refractivity contribution in [3.63, 3.8) is 0 Å². The third-order valence-corrected chi connectivity index (χ3v) is 3.98. The van der Waals surface area contributed by atoms with Crippen LogP contribution in [0.15, 0.2) is 0 Å². The highest BCUT2D eigenvalue weighted by Gasteiger charge is 2.35. The summed E-state index contributed by atoms with van der Waals surface area (Å²) in [4.78, 5) is 13.3. The van der Waals surface area contributed by atoms with Gasteiger partial charge in [0.2, 0.25) is 0 Å². The molecule has 1 aliphatic carbocycles. The summed E-state index contributed by atoms with van der Waals surface area (Å²) in [5, 5.41) is 8.87. The van der Waals surface area contributed by atoms with E-state index in [1.165, 1.54) is 32.4 Å². The zero-order valence-electron chi connectivity index (χ0n) is 9.48. The average molecular weight is 211 g/mol. The van der Waals surface area contributed by atoms with Crippen LogP contribution in [0.5, 0.6) is 0 Å². The number of likely N-dealkylation sites (tertiary alicyclic amines) is 1. The van der Waals surface area contributed by atoms with Crippen LogP contribution in [0.1, 0.15) is 39.0 Å². The summed E-state index contributed by atoms with van der Waals surface area (Å²) in [6, 6.07) is 0.561. The Bertz CT molecular complexity index is 242. The van der Waals surface area contributed by atoms with E-state index in [0.29, 0.717) is 18.4 Å². The molecule has 0 aromatic rings. The Balaban J connectivity index is 1.92. The molecule has 0 spiro atoms. The Hall–Kier alpha value is -0.570. The van der Waals surface area contributed by atoms with Gasteiger partial charge in [-0.15, -0.1) is 0 Å². The van der Waals surface area contributed by atoms with Gasteiger partial charge in [-0.05, 0) is 37.6 Å². The predicted molar refractivity (Wildman–Crippen MR) is 58.7 cm³/mol. The fraction of sp³-hybridized carbons (Fsp3) is 0.917. The predicted octanol–water partition coefficient (Wildman–Crippen LogP) is 1.97. The molecule has 0 aromatic carbocycles. The molecule has 2 fully saturated rings. The van der Waals surface area contributed by atoms with E-state index in [4.69, 9.17) is 5.11 Å².